The van der Waals surface area contributed by atoms with Gasteiger partial charge in [0.25, 0.3) is 0 Å². The first-order chi connectivity index (χ1) is 4.84. The van der Waals surface area contributed by atoms with E-state index in [1.165, 1.54) is 6.42 Å². The lowest BCUT2D eigenvalue weighted by molar-refractivity contribution is 0.196. The van der Waals surface area contributed by atoms with Crippen molar-refractivity contribution in [2.45, 2.75) is 19.3 Å². The lowest BCUT2D eigenvalue weighted by atomic mass is 10.1. The van der Waals surface area contributed by atoms with Gasteiger partial charge in [-0.25, -0.2) is 9.79 Å². The molecule has 0 bridgehead atoms. The minimum absolute atomic E-state index is 0.167. The molecule has 10 heavy (non-hydrogen) atoms. The molecule has 1 aliphatic heterocycles. The van der Waals surface area contributed by atoms with Crippen LogP contribution in [0.4, 0.5) is 4.79 Å². The Morgan fingerprint density at radius 3 is 2.40 bits per heavy atom. The number of hydrogen-bond acceptors (Lipinski definition) is 1. The number of amides is 2. The third-order valence-electron chi connectivity index (χ3n) is 1.76. The molecule has 0 atom stereocenters. The molecular weight excluding hydrogens is 128 g/mol. The molecule has 0 unspecified atom stereocenters. The zero-order valence-electron chi connectivity index (χ0n) is 6.05. The van der Waals surface area contributed by atoms with E-state index >= 15 is 0 Å². The summed E-state index contributed by atoms with van der Waals surface area (Å²) in [5.41, 5.74) is 0. The van der Waals surface area contributed by atoms with Crippen LogP contribution in [0.3, 0.4) is 0 Å². The van der Waals surface area contributed by atoms with Crippen LogP contribution < -0.4 is 0 Å². The molecule has 3 nitrogen and oxygen atoms in total. The molecule has 1 heterocycles. The summed E-state index contributed by atoms with van der Waals surface area (Å²) in [6.45, 7) is 4.91. The van der Waals surface area contributed by atoms with Crippen LogP contribution in [0.25, 0.3) is 0 Å². The number of aliphatic imine (C=N–C) groups is 1. The highest BCUT2D eigenvalue weighted by atomic mass is 16.2. The summed E-state index contributed by atoms with van der Waals surface area (Å²) >= 11 is 0. The highest BCUT2D eigenvalue weighted by Gasteiger charge is 2.13. The first kappa shape index (κ1) is 7.25. The lowest BCUT2D eigenvalue weighted by Gasteiger charge is -2.24. The molecule has 0 radical (unpaired) electrons. The predicted molar refractivity (Wildman–Crippen MR) is 40.4 cm³/mol. The zero-order valence-corrected chi connectivity index (χ0v) is 6.05. The molecule has 0 aromatic rings. The first-order valence-corrected chi connectivity index (χ1v) is 3.60. The Labute approximate surface area is 60.7 Å². The van der Waals surface area contributed by atoms with Crippen molar-refractivity contribution in [1.82, 2.24) is 4.90 Å². The van der Waals surface area contributed by atoms with E-state index < -0.39 is 0 Å². The van der Waals surface area contributed by atoms with Gasteiger partial charge in [0.2, 0.25) is 0 Å². The first-order valence-electron chi connectivity index (χ1n) is 3.60. The average molecular weight is 140 g/mol. The van der Waals surface area contributed by atoms with E-state index in [4.69, 9.17) is 0 Å². The van der Waals surface area contributed by atoms with E-state index in [1.807, 2.05) is 0 Å². The normalized spacial score (nSPS) is 18.6. The molecular formula is C7H12N2O. The van der Waals surface area contributed by atoms with Crippen molar-refractivity contribution < 1.29 is 4.79 Å². The fourth-order valence-corrected chi connectivity index (χ4v) is 1.19. The minimum atomic E-state index is -0.167. The van der Waals surface area contributed by atoms with Crippen LogP contribution in [-0.4, -0.2) is 30.7 Å². The van der Waals surface area contributed by atoms with Crippen molar-refractivity contribution in [3.63, 3.8) is 0 Å². The maximum atomic E-state index is 10.9. The van der Waals surface area contributed by atoms with Crippen LogP contribution in [0.5, 0.6) is 0 Å². The molecule has 0 aromatic heterocycles. The standard InChI is InChI=1S/C7H12N2O/c1-8-7(10)9-5-3-2-4-6-9/h1-6H2. The van der Waals surface area contributed by atoms with Crippen LogP contribution in [0.2, 0.25) is 0 Å². The van der Waals surface area contributed by atoms with Crippen LogP contribution in [-0.2, 0) is 0 Å². The Morgan fingerprint density at radius 2 is 1.90 bits per heavy atom. The molecule has 1 saturated heterocycles. The van der Waals surface area contributed by atoms with Gasteiger partial charge >= 0.3 is 6.03 Å². The van der Waals surface area contributed by atoms with Crippen molar-refractivity contribution in [3.05, 3.63) is 0 Å². The van der Waals surface area contributed by atoms with Crippen molar-refractivity contribution in [2.75, 3.05) is 13.1 Å². The Bertz CT molecular complexity index is 139. The fourth-order valence-electron chi connectivity index (χ4n) is 1.19. The van der Waals surface area contributed by atoms with Crippen LogP contribution in [0.1, 0.15) is 19.3 Å². The highest BCUT2D eigenvalue weighted by molar-refractivity contribution is 5.78. The summed E-state index contributed by atoms with van der Waals surface area (Å²) in [4.78, 5) is 16.0. The Balaban J connectivity index is 2.38. The largest absolute Gasteiger partial charge is 0.342 e. The number of carbonyl (C=O) groups excluding carboxylic acids is 1. The summed E-state index contributed by atoms with van der Waals surface area (Å²) in [5, 5.41) is 0. The van der Waals surface area contributed by atoms with E-state index in [2.05, 4.69) is 11.7 Å². The number of likely N-dealkylation sites (tertiary alicyclic amines) is 1. The SMILES string of the molecule is C=NC(=O)N1CCCCC1. The van der Waals surface area contributed by atoms with Crippen molar-refractivity contribution >= 4 is 12.7 Å². The molecule has 1 aliphatic rings. The number of hydrogen-bond donors (Lipinski definition) is 0. The quantitative estimate of drug-likeness (QED) is 0.467. The summed E-state index contributed by atoms with van der Waals surface area (Å²) in [7, 11) is 0. The minimum Gasteiger partial charge on any atom is -0.323 e. The van der Waals surface area contributed by atoms with Crippen molar-refractivity contribution in [3.8, 4) is 0 Å². The van der Waals surface area contributed by atoms with Gasteiger partial charge in [-0.05, 0) is 26.0 Å². The van der Waals surface area contributed by atoms with Gasteiger partial charge in [-0.15, -0.1) is 0 Å². The van der Waals surface area contributed by atoms with Gasteiger partial charge in [-0.2, -0.15) is 0 Å². The predicted octanol–water partition coefficient (Wildman–Crippen LogP) is 1.29. The smallest absolute Gasteiger partial charge is 0.323 e. The Hall–Kier alpha value is -0.860. The molecule has 3 heteroatoms. The van der Waals surface area contributed by atoms with Gasteiger partial charge in [-0.1, -0.05) is 0 Å². The van der Waals surface area contributed by atoms with E-state index in [-0.39, 0.29) is 6.03 Å². The van der Waals surface area contributed by atoms with Gasteiger partial charge in [0.05, 0.1) is 0 Å². The maximum Gasteiger partial charge on any atom is 0.342 e. The molecule has 0 aromatic carbocycles. The second-order valence-corrected chi connectivity index (χ2v) is 2.49. The number of rotatable bonds is 0. The third kappa shape index (κ3) is 1.56. The summed E-state index contributed by atoms with van der Waals surface area (Å²) in [6.07, 6.45) is 3.46. The van der Waals surface area contributed by atoms with E-state index in [0.717, 1.165) is 25.9 Å². The van der Waals surface area contributed by atoms with Crippen LogP contribution in [0.15, 0.2) is 4.99 Å². The van der Waals surface area contributed by atoms with Crippen molar-refractivity contribution in [1.29, 1.82) is 0 Å². The second-order valence-electron chi connectivity index (χ2n) is 2.49. The van der Waals surface area contributed by atoms with Crippen LogP contribution in [0, 0.1) is 0 Å². The highest BCUT2D eigenvalue weighted by Crippen LogP contribution is 2.08. The Morgan fingerprint density at radius 1 is 1.30 bits per heavy atom. The molecule has 0 N–H and O–H groups in total. The number of carbonyl (C=O) groups is 1. The van der Waals surface area contributed by atoms with Crippen LogP contribution >= 0.6 is 0 Å². The topological polar surface area (TPSA) is 32.7 Å². The second kappa shape index (κ2) is 3.34. The number of piperidine rings is 1. The monoisotopic (exact) mass is 140 g/mol. The summed E-state index contributed by atoms with van der Waals surface area (Å²) in [5.74, 6) is 0. The molecule has 2 amide bonds. The lowest BCUT2D eigenvalue weighted by Crippen LogP contribution is -2.33. The average Bonchev–Trinajstić information content (AvgIpc) is 2.05. The van der Waals surface area contributed by atoms with Gasteiger partial charge in [0.15, 0.2) is 0 Å². The molecule has 1 fully saturated rings. The van der Waals surface area contributed by atoms with E-state index in [9.17, 15) is 4.79 Å². The van der Waals surface area contributed by atoms with Gasteiger partial charge < -0.3 is 4.90 Å². The molecule has 56 valence electrons. The molecule has 0 saturated carbocycles. The summed E-state index contributed by atoms with van der Waals surface area (Å²) in [6, 6.07) is -0.167. The number of nitrogens with zero attached hydrogens (tertiary/aromatic N) is 2. The maximum absolute atomic E-state index is 10.9. The van der Waals surface area contributed by atoms with Crippen molar-refractivity contribution in [2.24, 2.45) is 4.99 Å². The third-order valence-corrected chi connectivity index (χ3v) is 1.76. The Kier molecular flexibility index (Phi) is 2.42. The molecule has 0 aliphatic carbocycles. The molecule has 0 spiro atoms. The van der Waals surface area contributed by atoms with E-state index in [1.54, 1.807) is 4.90 Å². The fraction of sp³-hybridized carbons (Fsp3) is 0.714. The van der Waals surface area contributed by atoms with Gasteiger partial charge in [0, 0.05) is 13.1 Å². The molecule has 1 rings (SSSR count). The summed E-state index contributed by atoms with van der Waals surface area (Å²) < 4.78 is 0. The zero-order chi connectivity index (χ0) is 7.40. The van der Waals surface area contributed by atoms with E-state index in [0.29, 0.717) is 0 Å². The van der Waals surface area contributed by atoms with Gasteiger partial charge in [-0.3, -0.25) is 0 Å². The van der Waals surface area contributed by atoms with Gasteiger partial charge in [0.1, 0.15) is 0 Å². The number of urea groups is 1.